The van der Waals surface area contributed by atoms with Gasteiger partial charge in [-0.25, -0.2) is 9.97 Å². The van der Waals surface area contributed by atoms with Gasteiger partial charge >= 0.3 is 0 Å². The quantitative estimate of drug-likeness (QED) is 0.916. The Bertz CT molecular complexity index is 589. The van der Waals surface area contributed by atoms with Crippen LogP contribution in [0.5, 0.6) is 0 Å². The SMILES string of the molecule is CN(C(=O)c1ccnc(N2CCCCC2)n1)C1CC2CCC(C1)N2. The van der Waals surface area contributed by atoms with E-state index in [1.807, 2.05) is 11.9 Å². The molecule has 3 saturated heterocycles. The van der Waals surface area contributed by atoms with E-state index in [0.717, 1.165) is 25.9 Å². The van der Waals surface area contributed by atoms with Crippen molar-refractivity contribution in [2.45, 2.75) is 63.1 Å². The van der Waals surface area contributed by atoms with Gasteiger partial charge in [0.2, 0.25) is 5.95 Å². The summed E-state index contributed by atoms with van der Waals surface area (Å²) in [5, 5.41) is 3.64. The smallest absolute Gasteiger partial charge is 0.272 e. The average Bonchev–Trinajstić information content (AvgIpc) is 2.99. The van der Waals surface area contributed by atoms with Gasteiger partial charge in [0.1, 0.15) is 5.69 Å². The molecule has 3 fully saturated rings. The summed E-state index contributed by atoms with van der Waals surface area (Å²) in [6.07, 6.45) is 9.97. The fraction of sp³-hybridized carbons (Fsp3) is 0.722. The maximum atomic E-state index is 12.9. The van der Waals surface area contributed by atoms with Crippen molar-refractivity contribution < 1.29 is 4.79 Å². The summed E-state index contributed by atoms with van der Waals surface area (Å²) in [5.74, 6) is 0.737. The molecule has 0 radical (unpaired) electrons. The minimum atomic E-state index is 0.0296. The predicted molar refractivity (Wildman–Crippen MR) is 93.2 cm³/mol. The van der Waals surface area contributed by atoms with Crippen molar-refractivity contribution in [2.24, 2.45) is 0 Å². The number of amides is 1. The number of carbonyl (C=O) groups excluding carboxylic acids is 1. The molecule has 1 aromatic rings. The van der Waals surface area contributed by atoms with Crippen LogP contribution in [0.2, 0.25) is 0 Å². The topological polar surface area (TPSA) is 61.4 Å². The number of hydrogen-bond acceptors (Lipinski definition) is 5. The Morgan fingerprint density at radius 1 is 1.21 bits per heavy atom. The number of piperidine rings is 2. The van der Waals surface area contributed by atoms with Crippen molar-refractivity contribution in [3.05, 3.63) is 18.0 Å². The number of anilines is 1. The zero-order valence-corrected chi connectivity index (χ0v) is 14.4. The van der Waals surface area contributed by atoms with Crippen LogP contribution in [0.25, 0.3) is 0 Å². The molecule has 1 N–H and O–H groups in total. The Morgan fingerprint density at radius 2 is 1.92 bits per heavy atom. The molecule has 3 aliphatic rings. The van der Waals surface area contributed by atoms with E-state index in [9.17, 15) is 4.79 Å². The molecule has 2 unspecified atom stereocenters. The van der Waals surface area contributed by atoms with Gasteiger partial charge in [-0.2, -0.15) is 0 Å². The molecule has 6 nitrogen and oxygen atoms in total. The van der Waals surface area contributed by atoms with Gasteiger partial charge in [0, 0.05) is 44.5 Å². The number of carbonyl (C=O) groups is 1. The largest absolute Gasteiger partial charge is 0.341 e. The summed E-state index contributed by atoms with van der Waals surface area (Å²) >= 11 is 0. The molecule has 3 aliphatic heterocycles. The van der Waals surface area contributed by atoms with Crippen LogP contribution >= 0.6 is 0 Å². The Balaban J connectivity index is 1.47. The van der Waals surface area contributed by atoms with Gasteiger partial charge < -0.3 is 15.1 Å². The molecule has 2 bridgehead atoms. The van der Waals surface area contributed by atoms with Crippen LogP contribution in [-0.4, -0.2) is 59.0 Å². The van der Waals surface area contributed by atoms with E-state index < -0.39 is 0 Å². The molecular formula is C18H27N5O. The summed E-state index contributed by atoms with van der Waals surface area (Å²) in [6.45, 7) is 1.98. The molecule has 130 valence electrons. The van der Waals surface area contributed by atoms with Gasteiger partial charge in [0.25, 0.3) is 5.91 Å². The highest BCUT2D eigenvalue weighted by Crippen LogP contribution is 2.29. The molecule has 0 aromatic carbocycles. The van der Waals surface area contributed by atoms with Crippen molar-refractivity contribution in [3.63, 3.8) is 0 Å². The molecule has 24 heavy (non-hydrogen) atoms. The number of hydrogen-bond donors (Lipinski definition) is 1. The van der Waals surface area contributed by atoms with Gasteiger partial charge in [-0.15, -0.1) is 0 Å². The van der Waals surface area contributed by atoms with E-state index >= 15 is 0 Å². The molecule has 6 heteroatoms. The molecular weight excluding hydrogens is 302 g/mol. The van der Waals surface area contributed by atoms with Gasteiger partial charge in [-0.05, 0) is 51.0 Å². The number of nitrogens with zero attached hydrogens (tertiary/aromatic N) is 4. The molecule has 2 atom stereocenters. The first-order valence-electron chi connectivity index (χ1n) is 9.32. The summed E-state index contributed by atoms with van der Waals surface area (Å²) in [4.78, 5) is 26.0. The molecule has 4 heterocycles. The first-order valence-corrected chi connectivity index (χ1v) is 9.32. The van der Waals surface area contributed by atoms with Crippen molar-refractivity contribution in [1.29, 1.82) is 0 Å². The zero-order valence-electron chi connectivity index (χ0n) is 14.4. The van der Waals surface area contributed by atoms with Gasteiger partial charge in [-0.3, -0.25) is 4.79 Å². The highest BCUT2D eigenvalue weighted by molar-refractivity contribution is 5.92. The van der Waals surface area contributed by atoms with Crippen molar-refractivity contribution in [3.8, 4) is 0 Å². The number of aromatic nitrogens is 2. The summed E-state index contributed by atoms with van der Waals surface area (Å²) in [6, 6.07) is 3.24. The number of fused-ring (bicyclic) bond motifs is 2. The fourth-order valence-electron chi connectivity index (χ4n) is 4.40. The molecule has 1 aromatic heterocycles. The standard InChI is InChI=1S/C18H27N5O/c1-22(15-11-13-5-6-14(12-15)20-13)17(24)16-7-8-19-18(21-16)23-9-3-2-4-10-23/h7-8,13-15,20H,2-6,9-12H2,1H3. The Labute approximate surface area is 143 Å². The Hall–Kier alpha value is -1.69. The van der Waals surface area contributed by atoms with E-state index in [-0.39, 0.29) is 5.91 Å². The lowest BCUT2D eigenvalue weighted by Crippen LogP contribution is -2.48. The number of nitrogens with one attached hydrogen (secondary N) is 1. The minimum absolute atomic E-state index is 0.0296. The normalized spacial score (nSPS) is 29.5. The molecule has 0 saturated carbocycles. The molecule has 0 spiro atoms. The highest BCUT2D eigenvalue weighted by atomic mass is 16.2. The van der Waals surface area contributed by atoms with E-state index in [0.29, 0.717) is 29.8 Å². The molecule has 1 amide bonds. The van der Waals surface area contributed by atoms with Crippen molar-refractivity contribution in [2.75, 3.05) is 25.0 Å². The summed E-state index contributed by atoms with van der Waals surface area (Å²) < 4.78 is 0. The first kappa shape index (κ1) is 15.8. The van der Waals surface area contributed by atoms with Crippen LogP contribution in [0.3, 0.4) is 0 Å². The molecule has 0 aliphatic carbocycles. The van der Waals surface area contributed by atoms with Crippen molar-refractivity contribution >= 4 is 11.9 Å². The Kier molecular flexibility index (Phi) is 4.39. The monoisotopic (exact) mass is 329 g/mol. The number of rotatable bonds is 3. The van der Waals surface area contributed by atoms with Crippen molar-refractivity contribution in [1.82, 2.24) is 20.2 Å². The highest BCUT2D eigenvalue weighted by Gasteiger charge is 2.36. The average molecular weight is 329 g/mol. The van der Waals surface area contributed by atoms with Gasteiger partial charge in [-0.1, -0.05) is 0 Å². The molecule has 4 rings (SSSR count). The summed E-state index contributed by atoms with van der Waals surface area (Å²) in [5.41, 5.74) is 0.527. The maximum absolute atomic E-state index is 12.9. The van der Waals surface area contributed by atoms with Crippen LogP contribution < -0.4 is 10.2 Å². The van der Waals surface area contributed by atoms with Crippen LogP contribution in [0.15, 0.2) is 12.3 Å². The summed E-state index contributed by atoms with van der Waals surface area (Å²) in [7, 11) is 1.93. The lowest BCUT2D eigenvalue weighted by molar-refractivity contribution is 0.0675. The third kappa shape index (κ3) is 3.11. The van der Waals surface area contributed by atoms with Gasteiger partial charge in [0.15, 0.2) is 0 Å². The van der Waals surface area contributed by atoms with E-state index in [1.54, 1.807) is 12.3 Å². The second-order valence-corrected chi connectivity index (χ2v) is 7.47. The van der Waals surface area contributed by atoms with Crippen LogP contribution in [0, 0.1) is 0 Å². The van der Waals surface area contributed by atoms with E-state index in [4.69, 9.17) is 0 Å². The van der Waals surface area contributed by atoms with Crippen LogP contribution in [0.1, 0.15) is 55.4 Å². The minimum Gasteiger partial charge on any atom is -0.341 e. The van der Waals surface area contributed by atoms with E-state index in [1.165, 1.54) is 32.1 Å². The predicted octanol–water partition coefficient (Wildman–Crippen LogP) is 1.82. The second-order valence-electron chi connectivity index (χ2n) is 7.47. The Morgan fingerprint density at radius 3 is 2.62 bits per heavy atom. The maximum Gasteiger partial charge on any atom is 0.272 e. The third-order valence-electron chi connectivity index (χ3n) is 5.82. The van der Waals surface area contributed by atoms with Gasteiger partial charge in [0.05, 0.1) is 0 Å². The lowest BCUT2D eigenvalue weighted by Gasteiger charge is -2.35. The fourth-order valence-corrected chi connectivity index (χ4v) is 4.40. The van der Waals surface area contributed by atoms with Crippen LogP contribution in [0.4, 0.5) is 5.95 Å². The first-order chi connectivity index (χ1) is 11.7. The van der Waals surface area contributed by atoms with Crippen LogP contribution in [-0.2, 0) is 0 Å². The zero-order chi connectivity index (χ0) is 16.5. The van der Waals surface area contributed by atoms with E-state index in [2.05, 4.69) is 20.2 Å². The third-order valence-corrected chi connectivity index (χ3v) is 5.82. The lowest BCUT2D eigenvalue weighted by atomic mass is 9.98. The second kappa shape index (κ2) is 6.67.